The van der Waals surface area contributed by atoms with Crippen LogP contribution in [0.15, 0.2) is 42.0 Å². The molecule has 1 atom stereocenters. The summed E-state index contributed by atoms with van der Waals surface area (Å²) >= 11 is 1.67. The number of para-hydroxylation sites is 1. The highest BCUT2D eigenvalue weighted by Crippen LogP contribution is 2.40. The van der Waals surface area contributed by atoms with Crippen molar-refractivity contribution in [2.24, 2.45) is 5.41 Å². The lowest BCUT2D eigenvalue weighted by atomic mass is 9.71. The molecule has 7 heteroatoms. The summed E-state index contributed by atoms with van der Waals surface area (Å²) < 4.78 is 0. The molecule has 2 aromatic heterocycles. The van der Waals surface area contributed by atoms with Gasteiger partial charge in [-0.15, -0.1) is 11.3 Å². The van der Waals surface area contributed by atoms with Crippen LogP contribution in [0, 0.1) is 5.41 Å². The molecule has 0 aliphatic carbocycles. The van der Waals surface area contributed by atoms with Crippen LogP contribution in [0.4, 0.5) is 0 Å². The molecule has 0 bridgehead atoms. The number of β-amino-alcohol motifs (C(OH)–C–C–N with tert-alkyl or cyclic N) is 1. The predicted molar refractivity (Wildman–Crippen MR) is 114 cm³/mol. The first kappa shape index (κ1) is 18.8. The van der Waals surface area contributed by atoms with E-state index in [1.807, 2.05) is 46.9 Å². The molecular weight excluding hydrogens is 384 g/mol. The minimum Gasteiger partial charge on any atom is -0.392 e. The number of aromatic nitrogens is 2. The first-order chi connectivity index (χ1) is 14.1. The normalized spacial score (nSPS) is 22.4. The highest BCUT2D eigenvalue weighted by atomic mass is 32.1. The second kappa shape index (κ2) is 7.55. The number of amides is 1. The molecule has 0 saturated carbocycles. The Kier molecular flexibility index (Phi) is 4.89. The zero-order valence-corrected chi connectivity index (χ0v) is 17.2. The lowest BCUT2D eigenvalue weighted by Gasteiger charge is -2.49. The summed E-state index contributed by atoms with van der Waals surface area (Å²) in [4.78, 5) is 26.0. The number of nitrogens with one attached hydrogen (secondary N) is 1. The van der Waals surface area contributed by atoms with E-state index in [2.05, 4.69) is 14.9 Å². The van der Waals surface area contributed by atoms with Gasteiger partial charge >= 0.3 is 0 Å². The fraction of sp³-hybridized carbons (Fsp3) is 0.455. The Hall–Kier alpha value is -2.22. The molecule has 2 saturated heterocycles. The van der Waals surface area contributed by atoms with Crippen LogP contribution < -0.4 is 0 Å². The Morgan fingerprint density at radius 1 is 1.31 bits per heavy atom. The SMILES string of the molecule is O=C(c1cc2ccccc2[nH]1)N1CCC2(CC1)CC(O)CN(Cc1cncs1)C2. The van der Waals surface area contributed by atoms with Crippen molar-refractivity contribution >= 4 is 28.1 Å². The fourth-order valence-corrected chi connectivity index (χ4v) is 5.67. The zero-order valence-electron chi connectivity index (χ0n) is 16.4. The molecule has 1 aromatic carbocycles. The van der Waals surface area contributed by atoms with Crippen LogP contribution in [0.2, 0.25) is 0 Å². The molecule has 2 aliphatic rings. The summed E-state index contributed by atoms with van der Waals surface area (Å²) in [5.41, 5.74) is 3.62. The van der Waals surface area contributed by atoms with Crippen LogP contribution in [0.5, 0.6) is 0 Å². The highest BCUT2D eigenvalue weighted by Gasteiger charge is 2.42. The van der Waals surface area contributed by atoms with Gasteiger partial charge in [-0.1, -0.05) is 18.2 Å². The molecule has 1 unspecified atom stereocenters. The molecule has 2 aliphatic heterocycles. The number of nitrogens with zero attached hydrogens (tertiary/aromatic N) is 3. The minimum atomic E-state index is -0.298. The third kappa shape index (κ3) is 3.82. The molecule has 6 nitrogen and oxygen atoms in total. The van der Waals surface area contributed by atoms with Gasteiger partial charge in [-0.25, -0.2) is 0 Å². The van der Waals surface area contributed by atoms with Gasteiger partial charge in [0.05, 0.1) is 11.6 Å². The number of aromatic amines is 1. The standard InChI is InChI=1S/C22H26N4O2S/c27-17-10-22(14-25(12-17)13-18-11-23-15-29-18)5-7-26(8-6-22)21(28)20-9-16-3-1-2-4-19(16)24-20/h1-4,9,11,15,17,24,27H,5-8,10,12-14H2. The zero-order chi connectivity index (χ0) is 19.8. The van der Waals surface area contributed by atoms with Gasteiger partial charge in [-0.3, -0.25) is 14.7 Å². The van der Waals surface area contributed by atoms with E-state index in [1.54, 1.807) is 11.3 Å². The highest BCUT2D eigenvalue weighted by molar-refractivity contribution is 7.09. The quantitative estimate of drug-likeness (QED) is 0.696. The first-order valence-corrected chi connectivity index (χ1v) is 11.1. The number of carbonyl (C=O) groups is 1. The van der Waals surface area contributed by atoms with Gasteiger partial charge in [0.15, 0.2) is 0 Å². The number of H-pyrrole nitrogens is 1. The van der Waals surface area contributed by atoms with Crippen LogP contribution in [0.3, 0.4) is 0 Å². The maximum atomic E-state index is 13.0. The molecule has 1 amide bonds. The van der Waals surface area contributed by atoms with E-state index in [0.29, 0.717) is 5.69 Å². The van der Waals surface area contributed by atoms with Crippen molar-refractivity contribution in [1.82, 2.24) is 19.8 Å². The number of benzene rings is 1. The number of carbonyl (C=O) groups excluding carboxylic acids is 1. The second-order valence-corrected chi connectivity index (χ2v) is 9.53. The topological polar surface area (TPSA) is 72.5 Å². The summed E-state index contributed by atoms with van der Waals surface area (Å²) in [6, 6.07) is 9.93. The summed E-state index contributed by atoms with van der Waals surface area (Å²) in [5, 5.41) is 11.6. The Labute approximate surface area is 174 Å². The van der Waals surface area contributed by atoms with E-state index in [-0.39, 0.29) is 17.4 Å². The monoisotopic (exact) mass is 410 g/mol. The molecule has 2 N–H and O–H groups in total. The average Bonchev–Trinajstić information content (AvgIpc) is 3.37. The van der Waals surface area contributed by atoms with Crippen LogP contribution in [0.25, 0.3) is 10.9 Å². The Morgan fingerprint density at radius 3 is 2.90 bits per heavy atom. The van der Waals surface area contributed by atoms with E-state index in [4.69, 9.17) is 0 Å². The predicted octanol–water partition coefficient (Wildman–Crippen LogP) is 3.11. The van der Waals surface area contributed by atoms with Crippen LogP contribution in [-0.2, 0) is 6.54 Å². The van der Waals surface area contributed by atoms with Crippen molar-refractivity contribution < 1.29 is 9.90 Å². The van der Waals surface area contributed by atoms with Crippen molar-refractivity contribution in [3.63, 3.8) is 0 Å². The van der Waals surface area contributed by atoms with Crippen LogP contribution in [0.1, 0.15) is 34.6 Å². The van der Waals surface area contributed by atoms with Crippen molar-refractivity contribution in [3.05, 3.63) is 52.6 Å². The number of hydrogen-bond acceptors (Lipinski definition) is 5. The van der Waals surface area contributed by atoms with Gasteiger partial charge in [0, 0.05) is 54.7 Å². The molecule has 4 heterocycles. The van der Waals surface area contributed by atoms with Crippen molar-refractivity contribution in [1.29, 1.82) is 0 Å². The lowest BCUT2D eigenvalue weighted by molar-refractivity contribution is -0.0401. The van der Waals surface area contributed by atoms with Gasteiger partial charge in [0.1, 0.15) is 5.69 Å². The molecule has 29 heavy (non-hydrogen) atoms. The lowest BCUT2D eigenvalue weighted by Crippen LogP contribution is -2.54. The van der Waals surface area contributed by atoms with Gasteiger partial charge in [0.25, 0.3) is 5.91 Å². The van der Waals surface area contributed by atoms with Gasteiger partial charge in [-0.05, 0) is 36.8 Å². The molecular formula is C22H26N4O2S. The summed E-state index contributed by atoms with van der Waals surface area (Å²) in [7, 11) is 0. The van der Waals surface area contributed by atoms with E-state index in [0.717, 1.165) is 62.9 Å². The van der Waals surface area contributed by atoms with Gasteiger partial charge in [0.2, 0.25) is 0 Å². The van der Waals surface area contributed by atoms with E-state index < -0.39 is 0 Å². The molecule has 5 rings (SSSR count). The number of thiazole rings is 1. The Bertz CT molecular complexity index is 958. The number of aliphatic hydroxyl groups excluding tert-OH is 1. The second-order valence-electron chi connectivity index (χ2n) is 8.56. The number of likely N-dealkylation sites (tertiary alicyclic amines) is 2. The number of piperidine rings is 2. The molecule has 1 spiro atoms. The average molecular weight is 411 g/mol. The Balaban J connectivity index is 1.25. The Morgan fingerprint density at radius 2 is 2.14 bits per heavy atom. The third-order valence-electron chi connectivity index (χ3n) is 6.43. The number of hydrogen-bond donors (Lipinski definition) is 2. The van der Waals surface area contributed by atoms with E-state index in [1.165, 1.54) is 4.88 Å². The van der Waals surface area contributed by atoms with Crippen molar-refractivity contribution in [2.75, 3.05) is 26.2 Å². The summed E-state index contributed by atoms with van der Waals surface area (Å²) in [5.74, 6) is 0.0777. The minimum absolute atomic E-state index is 0.0777. The molecule has 0 radical (unpaired) electrons. The smallest absolute Gasteiger partial charge is 0.270 e. The maximum absolute atomic E-state index is 13.0. The largest absolute Gasteiger partial charge is 0.392 e. The molecule has 2 fully saturated rings. The van der Waals surface area contributed by atoms with Crippen molar-refractivity contribution in [2.45, 2.75) is 31.9 Å². The maximum Gasteiger partial charge on any atom is 0.270 e. The number of fused-ring (bicyclic) bond motifs is 1. The summed E-state index contributed by atoms with van der Waals surface area (Å²) in [6.07, 6.45) is 4.33. The number of aliphatic hydroxyl groups is 1. The fourth-order valence-electron chi connectivity index (χ4n) is 5.03. The first-order valence-electron chi connectivity index (χ1n) is 10.3. The molecule has 152 valence electrons. The van der Waals surface area contributed by atoms with E-state index in [9.17, 15) is 9.90 Å². The van der Waals surface area contributed by atoms with Crippen LogP contribution >= 0.6 is 11.3 Å². The number of rotatable bonds is 3. The third-order valence-corrected chi connectivity index (χ3v) is 7.20. The molecule has 3 aromatic rings. The van der Waals surface area contributed by atoms with Gasteiger partial charge in [-0.2, -0.15) is 0 Å². The van der Waals surface area contributed by atoms with Crippen molar-refractivity contribution in [3.8, 4) is 0 Å². The van der Waals surface area contributed by atoms with E-state index >= 15 is 0 Å². The van der Waals surface area contributed by atoms with Crippen LogP contribution in [-0.4, -0.2) is 63.1 Å². The summed E-state index contributed by atoms with van der Waals surface area (Å²) in [6.45, 7) is 4.04. The van der Waals surface area contributed by atoms with Gasteiger partial charge < -0.3 is 15.0 Å².